The van der Waals surface area contributed by atoms with Crippen LogP contribution >= 0.6 is 0 Å². The first-order chi connectivity index (χ1) is 9.95. The van der Waals surface area contributed by atoms with E-state index in [1.165, 1.54) is 6.07 Å². The molecule has 21 heavy (non-hydrogen) atoms. The van der Waals surface area contributed by atoms with Crippen molar-refractivity contribution in [2.75, 3.05) is 20.3 Å². The summed E-state index contributed by atoms with van der Waals surface area (Å²) in [6.45, 7) is 0.894. The van der Waals surface area contributed by atoms with Crippen LogP contribution in [0.1, 0.15) is 12.0 Å². The summed E-state index contributed by atoms with van der Waals surface area (Å²) in [6, 6.07) is 3.22. The Balaban J connectivity index is 2.76. The molecule has 1 N–H and O–H groups in total. The molecule has 0 aromatic heterocycles. The molecule has 0 saturated carbocycles. The molecule has 0 heterocycles. The lowest BCUT2D eigenvalue weighted by Crippen LogP contribution is -2.27. The normalized spacial score (nSPS) is 10.1. The van der Waals surface area contributed by atoms with E-state index in [4.69, 9.17) is 4.74 Å². The van der Waals surface area contributed by atoms with Gasteiger partial charge in [0.2, 0.25) is 5.91 Å². The second-order valence-electron chi connectivity index (χ2n) is 4.20. The number of ether oxygens (including phenoxy) is 1. The summed E-state index contributed by atoms with van der Waals surface area (Å²) in [4.78, 5) is 31.7. The number of nitro groups is 2. The topological polar surface area (TPSA) is 125 Å². The molecule has 0 bridgehead atoms. The van der Waals surface area contributed by atoms with Gasteiger partial charge in [0, 0.05) is 31.9 Å². The van der Waals surface area contributed by atoms with Crippen molar-refractivity contribution in [3.8, 4) is 0 Å². The van der Waals surface area contributed by atoms with Gasteiger partial charge in [-0.1, -0.05) is 0 Å². The Kier molecular flexibility index (Phi) is 6.21. The van der Waals surface area contributed by atoms with Crippen LogP contribution in [-0.4, -0.2) is 36.0 Å². The summed E-state index contributed by atoms with van der Waals surface area (Å²) in [5.74, 6) is -0.386. The van der Waals surface area contributed by atoms with Crippen molar-refractivity contribution in [3.63, 3.8) is 0 Å². The van der Waals surface area contributed by atoms with Crippen LogP contribution in [-0.2, 0) is 16.0 Å². The van der Waals surface area contributed by atoms with E-state index < -0.39 is 15.5 Å². The van der Waals surface area contributed by atoms with Gasteiger partial charge in [0.15, 0.2) is 0 Å². The van der Waals surface area contributed by atoms with Crippen LogP contribution in [0, 0.1) is 20.2 Å². The number of nitrogens with zero attached hydrogens (tertiary/aromatic N) is 2. The molecule has 0 radical (unpaired) electrons. The number of carbonyl (C=O) groups excluding carboxylic acids is 1. The predicted molar refractivity (Wildman–Crippen MR) is 73.0 cm³/mol. The molecule has 1 rings (SSSR count). The summed E-state index contributed by atoms with van der Waals surface area (Å²) in [5, 5.41) is 24.1. The fourth-order valence-electron chi connectivity index (χ4n) is 1.67. The molecule has 0 atom stereocenters. The highest BCUT2D eigenvalue weighted by Gasteiger charge is 2.20. The van der Waals surface area contributed by atoms with E-state index in [2.05, 4.69) is 5.32 Å². The van der Waals surface area contributed by atoms with Gasteiger partial charge in [0.1, 0.15) is 0 Å². The quantitative estimate of drug-likeness (QED) is 0.436. The van der Waals surface area contributed by atoms with Crippen molar-refractivity contribution in [2.45, 2.75) is 12.8 Å². The van der Waals surface area contributed by atoms with E-state index in [9.17, 15) is 25.0 Å². The zero-order valence-corrected chi connectivity index (χ0v) is 11.4. The van der Waals surface area contributed by atoms with Crippen LogP contribution in [0.15, 0.2) is 18.2 Å². The number of methoxy groups -OCH3 is 1. The van der Waals surface area contributed by atoms with Gasteiger partial charge in [-0.25, -0.2) is 0 Å². The fourth-order valence-corrected chi connectivity index (χ4v) is 1.67. The van der Waals surface area contributed by atoms with Crippen LogP contribution in [0.5, 0.6) is 0 Å². The van der Waals surface area contributed by atoms with Crippen LogP contribution in [0.25, 0.3) is 0 Å². The van der Waals surface area contributed by atoms with Crippen molar-refractivity contribution in [1.82, 2.24) is 5.32 Å². The number of benzene rings is 1. The third kappa shape index (κ3) is 5.15. The lowest BCUT2D eigenvalue weighted by molar-refractivity contribution is -0.394. The Morgan fingerprint density at radius 2 is 2.00 bits per heavy atom. The SMILES string of the molecule is COCCCNC(=O)Cc1ccc([N+](=O)[O-])cc1[N+](=O)[O-]. The molecule has 1 aromatic rings. The van der Waals surface area contributed by atoms with Gasteiger partial charge in [0.25, 0.3) is 11.4 Å². The first kappa shape index (κ1) is 16.5. The number of hydrogen-bond donors (Lipinski definition) is 1. The van der Waals surface area contributed by atoms with Crippen molar-refractivity contribution < 1.29 is 19.4 Å². The van der Waals surface area contributed by atoms with Gasteiger partial charge in [-0.15, -0.1) is 0 Å². The molecule has 0 fully saturated rings. The maximum absolute atomic E-state index is 11.7. The molecular weight excluding hydrogens is 282 g/mol. The standard InChI is InChI=1S/C12H15N3O6/c1-21-6-2-5-13-12(16)7-9-3-4-10(14(17)18)8-11(9)15(19)20/h3-4,8H,2,5-7H2,1H3,(H,13,16). The maximum atomic E-state index is 11.7. The predicted octanol–water partition coefficient (Wildman–Crippen LogP) is 1.20. The Labute approximate surface area is 120 Å². The van der Waals surface area contributed by atoms with Gasteiger partial charge in [0.05, 0.1) is 22.3 Å². The highest BCUT2D eigenvalue weighted by molar-refractivity contribution is 5.80. The number of hydrogen-bond acceptors (Lipinski definition) is 6. The largest absolute Gasteiger partial charge is 0.385 e. The molecule has 0 aliphatic heterocycles. The minimum atomic E-state index is -0.736. The van der Waals surface area contributed by atoms with Crippen LogP contribution in [0.3, 0.4) is 0 Å². The van der Waals surface area contributed by atoms with Gasteiger partial charge in [-0.2, -0.15) is 0 Å². The van der Waals surface area contributed by atoms with Crippen LogP contribution in [0.4, 0.5) is 11.4 Å². The monoisotopic (exact) mass is 297 g/mol. The first-order valence-corrected chi connectivity index (χ1v) is 6.13. The molecule has 0 aliphatic rings. The number of carbonyl (C=O) groups is 1. The Morgan fingerprint density at radius 1 is 1.29 bits per heavy atom. The second kappa shape index (κ2) is 7.90. The summed E-state index contributed by atoms with van der Waals surface area (Å²) in [5.41, 5.74) is -0.683. The van der Waals surface area contributed by atoms with Gasteiger partial charge in [-0.3, -0.25) is 25.0 Å². The van der Waals surface area contributed by atoms with Crippen molar-refractivity contribution >= 4 is 17.3 Å². The molecule has 114 valence electrons. The lowest BCUT2D eigenvalue weighted by atomic mass is 10.1. The average Bonchev–Trinajstić information content (AvgIpc) is 2.43. The zero-order valence-electron chi connectivity index (χ0n) is 11.4. The third-order valence-electron chi connectivity index (χ3n) is 2.67. The van der Waals surface area contributed by atoms with E-state index in [1.807, 2.05) is 0 Å². The number of non-ortho nitro benzene ring substituents is 1. The molecule has 1 amide bonds. The van der Waals surface area contributed by atoms with Crippen LogP contribution in [0.2, 0.25) is 0 Å². The summed E-state index contributed by atoms with van der Waals surface area (Å²) in [6.07, 6.45) is 0.423. The third-order valence-corrected chi connectivity index (χ3v) is 2.67. The summed E-state index contributed by atoms with van der Waals surface area (Å²) in [7, 11) is 1.54. The van der Waals surface area contributed by atoms with E-state index in [0.717, 1.165) is 12.1 Å². The minimum Gasteiger partial charge on any atom is -0.385 e. The van der Waals surface area contributed by atoms with E-state index in [1.54, 1.807) is 7.11 Å². The Hall–Kier alpha value is -2.55. The fraction of sp³-hybridized carbons (Fsp3) is 0.417. The number of nitrogens with one attached hydrogen (secondary N) is 1. The number of rotatable bonds is 8. The number of nitro benzene ring substituents is 2. The van der Waals surface area contributed by atoms with Crippen LogP contribution < -0.4 is 5.32 Å². The highest BCUT2D eigenvalue weighted by atomic mass is 16.6. The van der Waals surface area contributed by atoms with E-state index in [0.29, 0.717) is 19.6 Å². The Bertz CT molecular complexity index is 546. The molecule has 0 unspecified atom stereocenters. The van der Waals surface area contributed by atoms with Gasteiger partial charge >= 0.3 is 0 Å². The average molecular weight is 297 g/mol. The van der Waals surface area contributed by atoms with Gasteiger partial charge in [-0.05, 0) is 12.5 Å². The molecule has 9 nitrogen and oxygen atoms in total. The smallest absolute Gasteiger partial charge is 0.279 e. The van der Waals surface area contributed by atoms with E-state index >= 15 is 0 Å². The molecule has 0 spiro atoms. The van der Waals surface area contributed by atoms with Crippen molar-refractivity contribution in [1.29, 1.82) is 0 Å². The lowest BCUT2D eigenvalue weighted by Gasteiger charge is -2.05. The highest BCUT2D eigenvalue weighted by Crippen LogP contribution is 2.24. The molecular formula is C12H15N3O6. The zero-order chi connectivity index (χ0) is 15.8. The van der Waals surface area contributed by atoms with Gasteiger partial charge < -0.3 is 10.1 Å². The molecule has 0 aliphatic carbocycles. The number of amides is 1. The molecule has 1 aromatic carbocycles. The molecule has 9 heteroatoms. The van der Waals surface area contributed by atoms with Crippen molar-refractivity contribution in [3.05, 3.63) is 44.0 Å². The first-order valence-electron chi connectivity index (χ1n) is 6.13. The summed E-state index contributed by atoms with van der Waals surface area (Å²) >= 11 is 0. The van der Waals surface area contributed by atoms with Crippen molar-refractivity contribution in [2.24, 2.45) is 0 Å². The summed E-state index contributed by atoms with van der Waals surface area (Å²) < 4.78 is 4.82. The minimum absolute atomic E-state index is 0.134. The Morgan fingerprint density at radius 3 is 2.57 bits per heavy atom. The second-order valence-corrected chi connectivity index (χ2v) is 4.20. The maximum Gasteiger partial charge on any atom is 0.279 e. The molecule has 0 saturated heterocycles. The van der Waals surface area contributed by atoms with E-state index in [-0.39, 0.29) is 23.6 Å².